The summed E-state index contributed by atoms with van der Waals surface area (Å²) >= 11 is 0.906. The van der Waals surface area contributed by atoms with Crippen molar-refractivity contribution in [3.63, 3.8) is 0 Å². The number of imide groups is 1. The highest BCUT2D eigenvalue weighted by atomic mass is 32.2. The first-order chi connectivity index (χ1) is 17.3. The third-order valence-electron chi connectivity index (χ3n) is 5.38. The van der Waals surface area contributed by atoms with Gasteiger partial charge < -0.3 is 9.47 Å². The number of hydrogen-bond acceptors (Lipinski definition) is 7. The Labute approximate surface area is 212 Å². The average molecular weight is 505 g/mol. The fourth-order valence-electron chi connectivity index (χ4n) is 3.70. The third kappa shape index (κ3) is 5.92. The van der Waals surface area contributed by atoms with E-state index in [1.807, 2.05) is 38.1 Å². The highest BCUT2D eigenvalue weighted by Crippen LogP contribution is 2.35. The van der Waals surface area contributed by atoms with Gasteiger partial charge in [-0.1, -0.05) is 48.0 Å². The van der Waals surface area contributed by atoms with Crippen molar-refractivity contribution in [3.05, 3.63) is 104 Å². The molecule has 4 rings (SSSR count). The van der Waals surface area contributed by atoms with Crippen molar-refractivity contribution in [1.82, 2.24) is 4.90 Å². The monoisotopic (exact) mass is 504 g/mol. The lowest BCUT2D eigenvalue weighted by Crippen LogP contribution is -2.27. The summed E-state index contributed by atoms with van der Waals surface area (Å²) in [6, 6.07) is 19.2. The number of aryl methyl sites for hydroxylation is 1. The number of nitro groups is 1. The number of carbonyl (C=O) groups is 2. The Bertz CT molecular complexity index is 1350. The van der Waals surface area contributed by atoms with Gasteiger partial charge >= 0.3 is 0 Å². The first-order valence-corrected chi connectivity index (χ1v) is 12.1. The predicted molar refractivity (Wildman–Crippen MR) is 138 cm³/mol. The summed E-state index contributed by atoms with van der Waals surface area (Å²) < 4.78 is 11.6. The van der Waals surface area contributed by atoms with E-state index in [1.54, 1.807) is 36.4 Å². The van der Waals surface area contributed by atoms with Gasteiger partial charge in [0.2, 0.25) is 0 Å². The minimum Gasteiger partial charge on any atom is -0.490 e. The van der Waals surface area contributed by atoms with Crippen LogP contribution in [0, 0.1) is 17.0 Å². The van der Waals surface area contributed by atoms with Crippen LogP contribution in [0.5, 0.6) is 11.5 Å². The molecule has 1 saturated heterocycles. The van der Waals surface area contributed by atoms with Gasteiger partial charge in [0.15, 0.2) is 11.5 Å². The largest absolute Gasteiger partial charge is 0.490 e. The van der Waals surface area contributed by atoms with Gasteiger partial charge in [-0.05, 0) is 60.5 Å². The number of ether oxygens (including phenoxy) is 2. The van der Waals surface area contributed by atoms with E-state index in [1.165, 1.54) is 17.0 Å². The Morgan fingerprint density at radius 3 is 2.50 bits per heavy atom. The molecule has 0 bridgehead atoms. The first-order valence-electron chi connectivity index (χ1n) is 11.3. The molecule has 8 nitrogen and oxygen atoms in total. The second-order valence-electron chi connectivity index (χ2n) is 8.11. The van der Waals surface area contributed by atoms with Crippen molar-refractivity contribution in [3.8, 4) is 11.5 Å². The fraction of sp³-hybridized carbons (Fsp3) is 0.185. The van der Waals surface area contributed by atoms with Crippen LogP contribution < -0.4 is 9.47 Å². The van der Waals surface area contributed by atoms with E-state index in [4.69, 9.17) is 9.47 Å². The minimum atomic E-state index is -0.452. The van der Waals surface area contributed by atoms with Gasteiger partial charge in [0.25, 0.3) is 16.8 Å². The maximum Gasteiger partial charge on any atom is 0.293 e. The number of amides is 2. The zero-order valence-corrected chi connectivity index (χ0v) is 20.6. The molecular formula is C27H24N2O6S. The second-order valence-corrected chi connectivity index (χ2v) is 9.10. The molecule has 0 radical (unpaired) electrons. The van der Waals surface area contributed by atoms with Crippen LogP contribution in [-0.4, -0.2) is 27.6 Å². The molecule has 184 valence electrons. The Balaban J connectivity index is 1.50. The van der Waals surface area contributed by atoms with Crippen LogP contribution in [0.4, 0.5) is 10.5 Å². The molecule has 0 N–H and O–H groups in total. The highest BCUT2D eigenvalue weighted by Gasteiger charge is 2.35. The first kappa shape index (κ1) is 25.0. The number of carbonyl (C=O) groups excluding carboxylic acids is 2. The summed E-state index contributed by atoms with van der Waals surface area (Å²) in [5.41, 5.74) is 3.28. The zero-order valence-electron chi connectivity index (χ0n) is 19.8. The van der Waals surface area contributed by atoms with Crippen LogP contribution in [-0.2, 0) is 17.9 Å². The second kappa shape index (κ2) is 11.1. The van der Waals surface area contributed by atoms with Gasteiger partial charge in [-0.2, -0.15) is 0 Å². The topological polar surface area (TPSA) is 99.0 Å². The number of nitrogens with zero attached hydrogens (tertiary/aromatic N) is 2. The number of benzene rings is 3. The maximum atomic E-state index is 12.9. The van der Waals surface area contributed by atoms with Crippen LogP contribution in [0.15, 0.2) is 71.6 Å². The molecule has 0 spiro atoms. The van der Waals surface area contributed by atoms with E-state index in [-0.39, 0.29) is 30.0 Å². The van der Waals surface area contributed by atoms with E-state index in [0.717, 1.165) is 22.9 Å². The molecule has 3 aromatic carbocycles. The molecule has 2 amide bonds. The van der Waals surface area contributed by atoms with E-state index >= 15 is 0 Å². The van der Waals surface area contributed by atoms with Gasteiger partial charge in [0.1, 0.15) is 6.61 Å². The van der Waals surface area contributed by atoms with Crippen molar-refractivity contribution in [1.29, 1.82) is 0 Å². The van der Waals surface area contributed by atoms with Crippen LogP contribution in [0.25, 0.3) is 6.08 Å². The summed E-state index contributed by atoms with van der Waals surface area (Å²) in [6.45, 7) is 4.54. The van der Waals surface area contributed by atoms with E-state index in [0.29, 0.717) is 34.1 Å². The van der Waals surface area contributed by atoms with Crippen LogP contribution in [0.2, 0.25) is 0 Å². The smallest absolute Gasteiger partial charge is 0.293 e. The molecular weight excluding hydrogens is 480 g/mol. The SMILES string of the molecule is CCOc1cc(/C=C2/SC(=O)N(Cc3cccc(C)c3)C2=O)ccc1OCc1cccc([N+](=O)[O-])c1. The van der Waals surface area contributed by atoms with Crippen molar-refractivity contribution in [2.75, 3.05) is 6.61 Å². The molecule has 0 saturated carbocycles. The van der Waals surface area contributed by atoms with E-state index in [9.17, 15) is 19.7 Å². The molecule has 0 aliphatic carbocycles. The van der Waals surface area contributed by atoms with Crippen molar-refractivity contribution in [2.45, 2.75) is 27.0 Å². The number of rotatable bonds is 9. The zero-order chi connectivity index (χ0) is 25.7. The Morgan fingerprint density at radius 2 is 1.75 bits per heavy atom. The lowest BCUT2D eigenvalue weighted by atomic mass is 10.1. The molecule has 1 aliphatic rings. The van der Waals surface area contributed by atoms with Crippen LogP contribution >= 0.6 is 11.8 Å². The van der Waals surface area contributed by atoms with Crippen molar-refractivity contribution < 1.29 is 24.0 Å². The predicted octanol–water partition coefficient (Wildman–Crippen LogP) is 6.12. The molecule has 1 fully saturated rings. The van der Waals surface area contributed by atoms with Gasteiger partial charge in [-0.15, -0.1) is 0 Å². The highest BCUT2D eigenvalue weighted by molar-refractivity contribution is 8.18. The standard InChI is InChI=1S/C27H24N2O6S/c1-3-34-24-14-19(10-11-23(24)35-17-21-8-5-9-22(13-21)29(32)33)15-25-26(30)28(27(31)36-25)16-20-7-4-6-18(2)12-20/h4-15H,3,16-17H2,1-2H3/b25-15+. The normalized spacial score (nSPS) is 14.4. The minimum absolute atomic E-state index is 0.00664. The van der Waals surface area contributed by atoms with Gasteiger partial charge in [0.05, 0.1) is 23.0 Å². The van der Waals surface area contributed by atoms with Crippen LogP contribution in [0.3, 0.4) is 0 Å². The van der Waals surface area contributed by atoms with E-state index in [2.05, 4.69) is 0 Å². The maximum absolute atomic E-state index is 12.9. The lowest BCUT2D eigenvalue weighted by Gasteiger charge is -2.13. The average Bonchev–Trinajstić information content (AvgIpc) is 3.11. The summed E-state index contributed by atoms with van der Waals surface area (Å²) in [5, 5.41) is 10.7. The van der Waals surface area contributed by atoms with Gasteiger partial charge in [-0.25, -0.2) is 0 Å². The molecule has 0 aromatic heterocycles. The number of nitro benzene ring substituents is 1. The number of thioether (sulfide) groups is 1. The molecule has 1 heterocycles. The molecule has 0 unspecified atom stereocenters. The van der Waals surface area contributed by atoms with Gasteiger partial charge in [0, 0.05) is 12.1 Å². The van der Waals surface area contributed by atoms with Gasteiger partial charge in [-0.3, -0.25) is 24.6 Å². The number of non-ortho nitro benzene ring substituents is 1. The quantitative estimate of drug-likeness (QED) is 0.197. The Morgan fingerprint density at radius 1 is 0.972 bits per heavy atom. The summed E-state index contributed by atoms with van der Waals surface area (Å²) in [4.78, 5) is 37.6. The molecule has 0 atom stereocenters. The fourth-order valence-corrected chi connectivity index (χ4v) is 4.54. The number of hydrogen-bond donors (Lipinski definition) is 0. The molecule has 1 aliphatic heterocycles. The lowest BCUT2D eigenvalue weighted by molar-refractivity contribution is -0.384. The molecule has 36 heavy (non-hydrogen) atoms. The van der Waals surface area contributed by atoms with E-state index < -0.39 is 4.92 Å². The van der Waals surface area contributed by atoms with Crippen molar-refractivity contribution >= 4 is 34.7 Å². The summed E-state index contributed by atoms with van der Waals surface area (Å²) in [6.07, 6.45) is 1.66. The summed E-state index contributed by atoms with van der Waals surface area (Å²) in [7, 11) is 0. The van der Waals surface area contributed by atoms with Crippen molar-refractivity contribution in [2.24, 2.45) is 0 Å². The molecule has 9 heteroatoms. The van der Waals surface area contributed by atoms with Crippen LogP contribution in [0.1, 0.15) is 29.2 Å². The Hall–Kier alpha value is -4.11. The third-order valence-corrected chi connectivity index (χ3v) is 6.29. The Kier molecular flexibility index (Phi) is 7.70. The molecule has 3 aromatic rings. The summed E-state index contributed by atoms with van der Waals surface area (Å²) in [5.74, 6) is 0.596.